The van der Waals surface area contributed by atoms with Crippen molar-refractivity contribution >= 4 is 11.9 Å². The Bertz CT molecular complexity index is 689. The molecule has 33 heavy (non-hydrogen) atoms. The number of hydrogen-bond donors (Lipinski definition) is 2. The maximum absolute atomic E-state index is 9.10. The Labute approximate surface area is 195 Å². The first kappa shape index (κ1) is 26.3. The molecule has 1 spiro atoms. The van der Waals surface area contributed by atoms with E-state index in [4.69, 9.17) is 43.8 Å². The Morgan fingerprint density at radius 3 is 2.30 bits per heavy atom. The summed E-state index contributed by atoms with van der Waals surface area (Å²) in [5.41, 5.74) is -0.494. The predicted octanol–water partition coefficient (Wildman–Crippen LogP) is 2.71. The van der Waals surface area contributed by atoms with Crippen LogP contribution in [-0.4, -0.2) is 77.3 Å². The summed E-state index contributed by atoms with van der Waals surface area (Å²) in [6.07, 6.45) is 3.58. The van der Waals surface area contributed by atoms with Crippen LogP contribution < -0.4 is 0 Å². The molecule has 4 saturated heterocycles. The minimum Gasteiger partial charge on any atom is -0.473 e. The van der Waals surface area contributed by atoms with Gasteiger partial charge in [0.15, 0.2) is 18.2 Å². The molecule has 2 N–H and O–H groups in total. The van der Waals surface area contributed by atoms with Gasteiger partial charge in [-0.3, -0.25) is 0 Å². The number of rotatable bonds is 6. The molecule has 8 atom stereocenters. The highest BCUT2D eigenvalue weighted by atomic mass is 17.3. The van der Waals surface area contributed by atoms with E-state index in [1.807, 2.05) is 6.92 Å². The van der Waals surface area contributed by atoms with Crippen molar-refractivity contribution in [3.8, 4) is 0 Å². The van der Waals surface area contributed by atoms with Gasteiger partial charge in [-0.05, 0) is 51.1 Å². The quantitative estimate of drug-likeness (QED) is 0.439. The van der Waals surface area contributed by atoms with Crippen LogP contribution in [0.15, 0.2) is 0 Å². The summed E-state index contributed by atoms with van der Waals surface area (Å²) in [4.78, 5) is 32.6. The van der Waals surface area contributed by atoms with Gasteiger partial charge in [0, 0.05) is 24.8 Å². The van der Waals surface area contributed by atoms with E-state index in [1.165, 1.54) is 6.42 Å². The molecule has 1 saturated carbocycles. The van der Waals surface area contributed by atoms with Crippen molar-refractivity contribution < 1.29 is 43.8 Å². The van der Waals surface area contributed by atoms with Crippen molar-refractivity contribution in [3.05, 3.63) is 0 Å². The fourth-order valence-electron chi connectivity index (χ4n) is 5.90. The number of aliphatic carboxylic acids is 2. The first-order valence-corrected chi connectivity index (χ1v) is 12.1. The van der Waals surface area contributed by atoms with Gasteiger partial charge in [0.1, 0.15) is 0 Å². The highest BCUT2D eigenvalue weighted by Crippen LogP contribution is 2.60. The lowest BCUT2D eigenvalue weighted by Gasteiger charge is -2.60. The summed E-state index contributed by atoms with van der Waals surface area (Å²) < 4.78 is 19.0. The zero-order valence-electron chi connectivity index (χ0n) is 20.3. The number of ether oxygens (including phenoxy) is 3. The Balaban J connectivity index is 0.000000454. The maximum Gasteiger partial charge on any atom is 0.414 e. The van der Waals surface area contributed by atoms with Crippen LogP contribution in [0.3, 0.4) is 0 Å². The molecule has 4 heterocycles. The van der Waals surface area contributed by atoms with E-state index in [0.717, 1.165) is 38.9 Å². The predicted molar refractivity (Wildman–Crippen MR) is 116 cm³/mol. The van der Waals surface area contributed by atoms with Crippen LogP contribution in [-0.2, 0) is 33.6 Å². The molecule has 190 valence electrons. The van der Waals surface area contributed by atoms with Crippen molar-refractivity contribution in [2.24, 2.45) is 23.7 Å². The van der Waals surface area contributed by atoms with E-state index in [2.05, 4.69) is 32.6 Å². The standard InChI is InChI=1S/C21H37NO5.C2H2O4/c1-6-22(7-2)12-13-23-18-15(4)17-9-8-14(3)16-10-11-20(5)25-19(24-18)21(16,17)27-26-20;3-1(4)2(5)6/h14-19H,6-13H2,1-5H3;(H,3,4)(H,5,6)/t14-,15-,16?,17?,18+,19-,20-,21-;/m1./s1. The summed E-state index contributed by atoms with van der Waals surface area (Å²) in [5, 5.41) is 14.8. The SMILES string of the molecule is CCN(CC)CCO[C@H]1O[C@@H]2O[C@@]3(C)CCC4[C@H](C)CCC([C@H]1C)[C@]42OO3.O=C(O)C(=O)O. The molecule has 5 aliphatic rings. The van der Waals surface area contributed by atoms with Crippen molar-refractivity contribution in [2.45, 2.75) is 84.3 Å². The van der Waals surface area contributed by atoms with Crippen LogP contribution in [0.4, 0.5) is 0 Å². The highest BCUT2D eigenvalue weighted by Gasteiger charge is 2.69. The van der Waals surface area contributed by atoms with Crippen LogP contribution in [0, 0.1) is 23.7 Å². The fraction of sp³-hybridized carbons (Fsp3) is 0.913. The first-order chi connectivity index (χ1) is 15.6. The molecule has 5 rings (SSSR count). The van der Waals surface area contributed by atoms with Crippen LogP contribution in [0.5, 0.6) is 0 Å². The van der Waals surface area contributed by atoms with Crippen molar-refractivity contribution in [1.82, 2.24) is 4.90 Å². The largest absolute Gasteiger partial charge is 0.473 e. The van der Waals surface area contributed by atoms with E-state index in [-0.39, 0.29) is 12.2 Å². The Morgan fingerprint density at radius 1 is 1.03 bits per heavy atom. The molecule has 0 aromatic heterocycles. The summed E-state index contributed by atoms with van der Waals surface area (Å²) in [7, 11) is 0. The molecule has 0 amide bonds. The fourth-order valence-corrected chi connectivity index (χ4v) is 5.90. The average Bonchev–Trinajstić information content (AvgIpc) is 3.01. The van der Waals surface area contributed by atoms with Crippen LogP contribution >= 0.6 is 0 Å². The number of likely N-dealkylation sites (N-methyl/N-ethyl adjacent to an activating group) is 1. The first-order valence-electron chi connectivity index (χ1n) is 12.1. The topological polar surface area (TPSA) is 124 Å². The molecular formula is C23H39NO9. The van der Waals surface area contributed by atoms with Gasteiger partial charge in [-0.15, -0.1) is 0 Å². The Morgan fingerprint density at radius 2 is 1.70 bits per heavy atom. The lowest BCUT2D eigenvalue weighted by Crippen LogP contribution is -2.70. The minimum absolute atomic E-state index is 0.248. The second-order valence-corrected chi connectivity index (χ2v) is 9.78. The van der Waals surface area contributed by atoms with Gasteiger partial charge in [-0.25, -0.2) is 19.4 Å². The van der Waals surface area contributed by atoms with Crippen molar-refractivity contribution in [3.63, 3.8) is 0 Å². The number of carboxylic acid groups (broad SMARTS) is 2. The van der Waals surface area contributed by atoms with E-state index < -0.39 is 29.6 Å². The van der Waals surface area contributed by atoms with Gasteiger partial charge in [0.2, 0.25) is 5.79 Å². The molecule has 2 unspecified atom stereocenters. The minimum atomic E-state index is -1.82. The lowest BCUT2D eigenvalue weighted by atomic mass is 9.58. The molecule has 0 radical (unpaired) electrons. The summed E-state index contributed by atoms with van der Waals surface area (Å²) in [5.74, 6) is -2.78. The number of hydrogen-bond acceptors (Lipinski definition) is 8. The van der Waals surface area contributed by atoms with Gasteiger partial charge in [0.05, 0.1) is 6.61 Å². The van der Waals surface area contributed by atoms with Crippen molar-refractivity contribution in [2.75, 3.05) is 26.2 Å². The third-order valence-electron chi connectivity index (χ3n) is 7.86. The molecule has 0 aromatic carbocycles. The van der Waals surface area contributed by atoms with E-state index in [1.54, 1.807) is 0 Å². The zero-order chi connectivity index (χ0) is 24.4. The average molecular weight is 474 g/mol. The third kappa shape index (κ3) is 5.21. The third-order valence-corrected chi connectivity index (χ3v) is 7.86. The monoisotopic (exact) mass is 473 g/mol. The highest BCUT2D eigenvalue weighted by molar-refractivity contribution is 6.27. The van der Waals surface area contributed by atoms with Gasteiger partial charge < -0.3 is 29.3 Å². The molecule has 2 bridgehead atoms. The lowest BCUT2D eigenvalue weighted by molar-refractivity contribution is -0.577. The van der Waals surface area contributed by atoms with Crippen LogP contribution in [0.2, 0.25) is 0 Å². The molecule has 1 aliphatic carbocycles. The number of nitrogens with zero attached hydrogens (tertiary/aromatic N) is 1. The van der Waals surface area contributed by atoms with E-state index in [9.17, 15) is 0 Å². The molecule has 10 nitrogen and oxygen atoms in total. The molecule has 5 fully saturated rings. The molecular weight excluding hydrogens is 434 g/mol. The smallest absolute Gasteiger partial charge is 0.414 e. The van der Waals surface area contributed by atoms with Gasteiger partial charge in [0.25, 0.3) is 0 Å². The summed E-state index contributed by atoms with van der Waals surface area (Å²) in [6, 6.07) is 0. The Hall–Kier alpha value is -1.30. The number of carboxylic acids is 2. The second-order valence-electron chi connectivity index (χ2n) is 9.78. The zero-order valence-corrected chi connectivity index (χ0v) is 20.3. The number of carbonyl (C=O) groups is 2. The molecule has 0 aromatic rings. The van der Waals surface area contributed by atoms with E-state index in [0.29, 0.717) is 24.4 Å². The van der Waals surface area contributed by atoms with Crippen LogP contribution in [0.25, 0.3) is 0 Å². The van der Waals surface area contributed by atoms with E-state index >= 15 is 0 Å². The normalized spacial score (nSPS) is 41.5. The van der Waals surface area contributed by atoms with Crippen LogP contribution in [0.1, 0.15) is 60.3 Å². The number of fused-ring (bicyclic) bond motifs is 2. The van der Waals surface area contributed by atoms with Gasteiger partial charge in [-0.1, -0.05) is 27.7 Å². The molecule has 4 aliphatic heterocycles. The summed E-state index contributed by atoms with van der Waals surface area (Å²) >= 11 is 0. The second kappa shape index (κ2) is 10.5. The molecule has 10 heteroatoms. The van der Waals surface area contributed by atoms with Crippen molar-refractivity contribution in [1.29, 1.82) is 0 Å². The van der Waals surface area contributed by atoms with Gasteiger partial charge in [-0.2, -0.15) is 0 Å². The van der Waals surface area contributed by atoms with Gasteiger partial charge >= 0.3 is 11.9 Å². The summed E-state index contributed by atoms with van der Waals surface area (Å²) in [6.45, 7) is 14.6. The maximum atomic E-state index is 9.10. The Kier molecular flexibility index (Phi) is 8.40.